The summed E-state index contributed by atoms with van der Waals surface area (Å²) >= 11 is 0. The molecule has 0 bridgehead atoms. The SMILES string of the molecule is CCCCCCCC/C=C\CCCCCCCC(N)=O.O=C(O)CCC(=O)O.O=C([O-])CCC(=O)[O-].S.[Na+].[Na+]. The van der Waals surface area contributed by atoms with Crippen molar-refractivity contribution in [1.29, 1.82) is 0 Å². The van der Waals surface area contributed by atoms with Crippen molar-refractivity contribution >= 4 is 43.3 Å². The molecule has 0 saturated heterocycles. The van der Waals surface area contributed by atoms with Crippen LogP contribution in [0, 0.1) is 0 Å². The Labute approximate surface area is 285 Å². The van der Waals surface area contributed by atoms with Gasteiger partial charge in [-0.15, -0.1) is 0 Å². The van der Waals surface area contributed by atoms with E-state index in [4.69, 9.17) is 15.9 Å². The molecule has 0 rings (SSSR count). The van der Waals surface area contributed by atoms with Crippen LogP contribution in [0.15, 0.2) is 12.2 Å². The van der Waals surface area contributed by atoms with Crippen molar-refractivity contribution < 1.29 is 104 Å². The predicted molar refractivity (Wildman–Crippen MR) is 143 cm³/mol. The number of primary amides is 1. The summed E-state index contributed by atoms with van der Waals surface area (Å²) in [7, 11) is 0. The zero-order valence-corrected chi connectivity index (χ0v) is 29.2. The summed E-state index contributed by atoms with van der Waals surface area (Å²) in [5.41, 5.74) is 5.10. The fraction of sp³-hybridized carbons (Fsp3) is 0.731. The molecular weight excluding hydrogens is 548 g/mol. The summed E-state index contributed by atoms with van der Waals surface area (Å²) < 4.78 is 0. The molecule has 218 valence electrons. The first-order valence-corrected chi connectivity index (χ1v) is 12.8. The van der Waals surface area contributed by atoms with Gasteiger partial charge in [0.15, 0.2) is 0 Å². The van der Waals surface area contributed by atoms with E-state index in [0.717, 1.165) is 12.8 Å². The van der Waals surface area contributed by atoms with E-state index in [1.807, 2.05) is 0 Å². The van der Waals surface area contributed by atoms with Gasteiger partial charge in [0.05, 0.1) is 12.8 Å². The largest absolute Gasteiger partial charge is 1.00 e. The first-order chi connectivity index (χ1) is 17.0. The zero-order chi connectivity index (χ0) is 28.0. The minimum absolute atomic E-state index is 0. The molecule has 0 aliphatic carbocycles. The molecule has 0 aliphatic heterocycles. The average Bonchev–Trinajstić information content (AvgIpc) is 2.79. The van der Waals surface area contributed by atoms with E-state index in [2.05, 4.69) is 19.1 Å². The van der Waals surface area contributed by atoms with Gasteiger partial charge >= 0.3 is 71.1 Å². The standard InChI is InChI=1S/C18H35NO.2C4H6O4.2Na.H2S/c1-2-3-4-5-6-7-8-9-10-11-12-13-14-15-16-17-18(19)20;2*5-3(6)1-2-4(7)8;;;/h9-10H,2-8,11-17H2,1H3,(H2,19,20);2*1-2H2,(H,5,6)(H,7,8);;;1H2/q;;;2*+1;/p-2/b10-9-;;;;;. The van der Waals surface area contributed by atoms with Crippen LogP contribution in [0.4, 0.5) is 0 Å². The van der Waals surface area contributed by atoms with E-state index in [1.165, 1.54) is 70.6 Å². The molecule has 0 unspecified atom stereocenters. The normalized spacial score (nSPS) is 9.26. The molecule has 13 heteroatoms. The number of amides is 1. The molecule has 0 aromatic heterocycles. The molecular formula is C26H47NNa2O9S. The van der Waals surface area contributed by atoms with Crippen molar-refractivity contribution in [1.82, 2.24) is 0 Å². The van der Waals surface area contributed by atoms with Crippen LogP contribution < -0.4 is 75.1 Å². The topological polar surface area (TPSA) is 198 Å². The Morgan fingerprint density at radius 3 is 1.23 bits per heavy atom. The minimum Gasteiger partial charge on any atom is -0.550 e. The van der Waals surface area contributed by atoms with Gasteiger partial charge in [-0.1, -0.05) is 70.4 Å². The average molecular weight is 596 g/mol. The maximum absolute atomic E-state index is 10.5. The molecule has 0 spiro atoms. The van der Waals surface area contributed by atoms with Crippen molar-refractivity contribution in [3.05, 3.63) is 12.2 Å². The number of carboxylic acids is 4. The van der Waals surface area contributed by atoms with Crippen molar-refractivity contribution in [2.45, 2.75) is 122 Å². The number of carboxylic acid groups (broad SMARTS) is 4. The molecule has 0 atom stereocenters. The van der Waals surface area contributed by atoms with E-state index >= 15 is 0 Å². The van der Waals surface area contributed by atoms with Crippen LogP contribution in [-0.2, 0) is 24.0 Å². The summed E-state index contributed by atoms with van der Waals surface area (Å²) in [4.78, 5) is 48.8. The van der Waals surface area contributed by atoms with Gasteiger partial charge in [-0.25, -0.2) is 0 Å². The Morgan fingerprint density at radius 2 is 0.923 bits per heavy atom. The van der Waals surface area contributed by atoms with Crippen molar-refractivity contribution in [3.63, 3.8) is 0 Å². The predicted octanol–water partition coefficient (Wildman–Crippen LogP) is -3.17. The molecule has 4 N–H and O–H groups in total. The van der Waals surface area contributed by atoms with Crippen LogP contribution in [0.3, 0.4) is 0 Å². The van der Waals surface area contributed by atoms with E-state index in [-0.39, 0.29) is 91.4 Å². The van der Waals surface area contributed by atoms with E-state index in [1.54, 1.807) is 0 Å². The zero-order valence-electron chi connectivity index (χ0n) is 24.2. The third-order valence-electron chi connectivity index (χ3n) is 4.77. The van der Waals surface area contributed by atoms with Crippen molar-refractivity contribution in [2.24, 2.45) is 5.73 Å². The Kier molecular flexibility index (Phi) is 55.0. The van der Waals surface area contributed by atoms with Crippen LogP contribution in [0.5, 0.6) is 0 Å². The molecule has 0 aliphatic rings. The van der Waals surface area contributed by atoms with Gasteiger partial charge in [0.25, 0.3) is 0 Å². The fourth-order valence-corrected chi connectivity index (χ4v) is 2.79. The Balaban J connectivity index is -0.000000120. The fourth-order valence-electron chi connectivity index (χ4n) is 2.79. The van der Waals surface area contributed by atoms with Crippen LogP contribution in [-0.4, -0.2) is 40.0 Å². The van der Waals surface area contributed by atoms with Crippen LogP contribution >= 0.6 is 13.5 Å². The first kappa shape index (κ1) is 51.2. The number of unbranched alkanes of at least 4 members (excludes halogenated alkanes) is 11. The Morgan fingerprint density at radius 1 is 0.590 bits per heavy atom. The molecule has 39 heavy (non-hydrogen) atoms. The van der Waals surface area contributed by atoms with Gasteiger partial charge in [0, 0.05) is 18.4 Å². The van der Waals surface area contributed by atoms with Crippen LogP contribution in [0.2, 0.25) is 0 Å². The quantitative estimate of drug-likeness (QED) is 0.0696. The maximum atomic E-state index is 10.5. The molecule has 0 heterocycles. The number of carbonyl (C=O) groups is 5. The van der Waals surface area contributed by atoms with Gasteiger partial charge < -0.3 is 35.7 Å². The minimum atomic E-state index is -1.37. The summed E-state index contributed by atoms with van der Waals surface area (Å²) in [6.45, 7) is 2.26. The summed E-state index contributed by atoms with van der Waals surface area (Å²) in [5.74, 6) is -5.05. The molecule has 1 amide bonds. The first-order valence-electron chi connectivity index (χ1n) is 12.8. The smallest absolute Gasteiger partial charge is 0.550 e. The number of aliphatic carboxylic acids is 4. The number of carbonyl (C=O) groups excluding carboxylic acids is 3. The second-order valence-electron chi connectivity index (χ2n) is 8.33. The third kappa shape index (κ3) is 67.3. The number of rotatable bonds is 21. The summed E-state index contributed by atoms with van der Waals surface area (Å²) in [6, 6.07) is 0. The molecule has 0 aromatic rings. The number of hydrogen-bond donors (Lipinski definition) is 3. The van der Waals surface area contributed by atoms with Gasteiger partial charge in [-0.2, -0.15) is 13.5 Å². The number of nitrogens with two attached hydrogens (primary N) is 1. The molecule has 0 radical (unpaired) electrons. The van der Waals surface area contributed by atoms with E-state index in [0.29, 0.717) is 6.42 Å². The van der Waals surface area contributed by atoms with Gasteiger partial charge in [0.2, 0.25) is 5.91 Å². The van der Waals surface area contributed by atoms with Crippen LogP contribution in [0.1, 0.15) is 122 Å². The summed E-state index contributed by atoms with van der Waals surface area (Å²) in [5, 5.41) is 34.8. The van der Waals surface area contributed by atoms with E-state index in [9.17, 15) is 34.2 Å². The molecule has 0 aromatic carbocycles. The maximum Gasteiger partial charge on any atom is 1.00 e. The third-order valence-corrected chi connectivity index (χ3v) is 4.77. The van der Waals surface area contributed by atoms with E-state index < -0.39 is 36.7 Å². The van der Waals surface area contributed by atoms with Crippen molar-refractivity contribution in [3.8, 4) is 0 Å². The second kappa shape index (κ2) is 41.9. The monoisotopic (exact) mass is 595 g/mol. The number of allylic oxidation sites excluding steroid dienone is 2. The summed E-state index contributed by atoms with van der Waals surface area (Å²) in [6.07, 6.45) is 20.4. The Hall–Kier alpha value is -0.560. The molecule has 0 saturated carbocycles. The van der Waals surface area contributed by atoms with Crippen LogP contribution in [0.25, 0.3) is 0 Å². The molecule has 10 nitrogen and oxygen atoms in total. The van der Waals surface area contributed by atoms with Gasteiger partial charge in [-0.3, -0.25) is 14.4 Å². The Bertz CT molecular complexity index is 581. The second-order valence-corrected chi connectivity index (χ2v) is 8.33. The van der Waals surface area contributed by atoms with Crippen molar-refractivity contribution in [2.75, 3.05) is 0 Å². The van der Waals surface area contributed by atoms with Gasteiger partial charge in [0.1, 0.15) is 0 Å². The number of hydrogen-bond acceptors (Lipinski definition) is 7. The molecule has 0 fully saturated rings. The van der Waals surface area contributed by atoms with Gasteiger partial charge in [-0.05, 0) is 44.9 Å².